The van der Waals surface area contributed by atoms with Gasteiger partial charge in [0.2, 0.25) is 5.91 Å². The number of rotatable bonds is 6. The van der Waals surface area contributed by atoms with E-state index in [0.29, 0.717) is 17.8 Å². The van der Waals surface area contributed by atoms with Gasteiger partial charge in [0.05, 0.1) is 28.8 Å². The predicted molar refractivity (Wildman–Crippen MR) is 75.6 cm³/mol. The van der Waals surface area contributed by atoms with Crippen LogP contribution >= 0.6 is 0 Å². The third kappa shape index (κ3) is 3.75. The average molecular weight is 281 g/mol. The summed E-state index contributed by atoms with van der Waals surface area (Å²) in [6.07, 6.45) is 0. The molecule has 2 N–H and O–H groups in total. The van der Waals surface area contributed by atoms with Crippen molar-refractivity contribution in [1.29, 1.82) is 0 Å². The fourth-order valence-corrected chi connectivity index (χ4v) is 1.75. The molecule has 1 atom stereocenters. The zero-order valence-corrected chi connectivity index (χ0v) is 11.8. The van der Waals surface area contributed by atoms with E-state index < -0.39 is 11.0 Å². The standard InChI is InChI=1S/C13H19N3O4/c1-9-11(5-4-6-12(9)16(19)20)14-13(18)10(2)15(3)7-8-17/h4-6,10,17H,7-8H2,1-3H3,(H,14,18). The summed E-state index contributed by atoms with van der Waals surface area (Å²) in [6, 6.07) is 4.11. The molecule has 20 heavy (non-hydrogen) atoms. The summed E-state index contributed by atoms with van der Waals surface area (Å²) in [4.78, 5) is 24.1. The number of carbonyl (C=O) groups excluding carboxylic acids is 1. The van der Waals surface area contributed by atoms with Crippen molar-refractivity contribution in [3.8, 4) is 0 Å². The molecule has 1 unspecified atom stereocenters. The highest BCUT2D eigenvalue weighted by atomic mass is 16.6. The summed E-state index contributed by atoms with van der Waals surface area (Å²) < 4.78 is 0. The summed E-state index contributed by atoms with van der Waals surface area (Å²) in [5, 5.41) is 22.4. The first-order chi connectivity index (χ1) is 9.38. The number of benzene rings is 1. The second-order valence-corrected chi connectivity index (χ2v) is 4.58. The number of hydrogen-bond acceptors (Lipinski definition) is 5. The molecule has 0 aromatic heterocycles. The molecule has 1 aromatic rings. The number of nitrogens with zero attached hydrogens (tertiary/aromatic N) is 2. The lowest BCUT2D eigenvalue weighted by Crippen LogP contribution is -2.41. The van der Waals surface area contributed by atoms with Crippen LogP contribution in [0, 0.1) is 17.0 Å². The Morgan fingerprint density at radius 3 is 2.75 bits per heavy atom. The third-order valence-electron chi connectivity index (χ3n) is 3.25. The van der Waals surface area contributed by atoms with Gasteiger partial charge in [0.1, 0.15) is 0 Å². The van der Waals surface area contributed by atoms with E-state index in [-0.39, 0.29) is 18.2 Å². The topological polar surface area (TPSA) is 95.7 Å². The molecule has 1 aromatic carbocycles. The summed E-state index contributed by atoms with van der Waals surface area (Å²) in [5.41, 5.74) is 0.815. The maximum atomic E-state index is 12.1. The van der Waals surface area contributed by atoms with Gasteiger partial charge in [-0.3, -0.25) is 19.8 Å². The molecule has 0 radical (unpaired) electrons. The number of nitro benzene ring substituents is 1. The van der Waals surface area contributed by atoms with Crippen molar-refractivity contribution >= 4 is 17.3 Å². The van der Waals surface area contributed by atoms with Crippen molar-refractivity contribution in [2.75, 3.05) is 25.5 Å². The molecule has 110 valence electrons. The van der Waals surface area contributed by atoms with E-state index in [0.717, 1.165) is 0 Å². The van der Waals surface area contributed by atoms with E-state index in [9.17, 15) is 14.9 Å². The molecule has 7 nitrogen and oxygen atoms in total. The molecule has 0 aliphatic rings. The molecular weight excluding hydrogens is 262 g/mol. The minimum absolute atomic E-state index is 0.0286. The minimum atomic E-state index is -0.480. The Morgan fingerprint density at radius 1 is 1.55 bits per heavy atom. The molecule has 0 aliphatic heterocycles. The number of likely N-dealkylation sites (N-methyl/N-ethyl adjacent to an activating group) is 1. The Bertz CT molecular complexity index is 504. The van der Waals surface area contributed by atoms with Crippen LogP contribution in [0.1, 0.15) is 12.5 Å². The van der Waals surface area contributed by atoms with Gasteiger partial charge in [0, 0.05) is 12.6 Å². The number of aliphatic hydroxyl groups excluding tert-OH is 1. The molecule has 0 spiro atoms. The van der Waals surface area contributed by atoms with E-state index in [1.54, 1.807) is 31.9 Å². The van der Waals surface area contributed by atoms with Gasteiger partial charge in [-0.1, -0.05) is 6.07 Å². The second kappa shape index (κ2) is 6.97. The predicted octanol–water partition coefficient (Wildman–Crippen LogP) is 1.15. The minimum Gasteiger partial charge on any atom is -0.395 e. The van der Waals surface area contributed by atoms with E-state index in [1.807, 2.05) is 0 Å². The third-order valence-corrected chi connectivity index (χ3v) is 3.25. The Balaban J connectivity index is 2.86. The Labute approximate surface area is 117 Å². The SMILES string of the molecule is Cc1c(NC(=O)C(C)N(C)CCO)cccc1[N+](=O)[O-]. The molecule has 7 heteroatoms. The van der Waals surface area contributed by atoms with Crippen molar-refractivity contribution in [3.63, 3.8) is 0 Å². The molecule has 0 bridgehead atoms. The van der Waals surface area contributed by atoms with Crippen LogP contribution in [0.25, 0.3) is 0 Å². The maximum absolute atomic E-state index is 12.1. The first-order valence-electron chi connectivity index (χ1n) is 6.24. The smallest absolute Gasteiger partial charge is 0.274 e. The molecule has 0 aliphatic carbocycles. The van der Waals surface area contributed by atoms with Gasteiger partial charge < -0.3 is 10.4 Å². The summed E-state index contributed by atoms with van der Waals surface area (Å²) in [5.74, 6) is -0.274. The quantitative estimate of drug-likeness (QED) is 0.602. The summed E-state index contributed by atoms with van der Waals surface area (Å²) in [6.45, 7) is 3.64. The van der Waals surface area contributed by atoms with Gasteiger partial charge in [-0.2, -0.15) is 0 Å². The number of anilines is 1. The van der Waals surface area contributed by atoms with Crippen LogP contribution in [-0.4, -0.2) is 47.1 Å². The van der Waals surface area contributed by atoms with Gasteiger partial charge >= 0.3 is 0 Å². The molecule has 0 saturated heterocycles. The van der Waals surface area contributed by atoms with Crippen molar-refractivity contribution in [3.05, 3.63) is 33.9 Å². The van der Waals surface area contributed by atoms with Crippen LogP contribution in [0.5, 0.6) is 0 Å². The zero-order chi connectivity index (χ0) is 15.3. The number of aliphatic hydroxyl groups is 1. The fraction of sp³-hybridized carbons (Fsp3) is 0.462. The van der Waals surface area contributed by atoms with Gasteiger partial charge in [0.15, 0.2) is 0 Å². The highest BCUT2D eigenvalue weighted by Gasteiger charge is 2.20. The first-order valence-corrected chi connectivity index (χ1v) is 6.24. The number of carbonyl (C=O) groups is 1. The lowest BCUT2D eigenvalue weighted by Gasteiger charge is -2.23. The maximum Gasteiger partial charge on any atom is 0.274 e. The number of hydrogen-bond donors (Lipinski definition) is 2. The summed E-state index contributed by atoms with van der Waals surface area (Å²) in [7, 11) is 1.72. The fourth-order valence-electron chi connectivity index (χ4n) is 1.75. The zero-order valence-electron chi connectivity index (χ0n) is 11.8. The van der Waals surface area contributed by atoms with Crippen LogP contribution in [0.2, 0.25) is 0 Å². The number of nitrogens with one attached hydrogen (secondary N) is 1. The number of amides is 1. The monoisotopic (exact) mass is 281 g/mol. The van der Waals surface area contributed by atoms with E-state index >= 15 is 0 Å². The van der Waals surface area contributed by atoms with E-state index in [1.165, 1.54) is 12.1 Å². The number of nitro groups is 1. The normalized spacial score (nSPS) is 12.2. The Morgan fingerprint density at radius 2 is 2.20 bits per heavy atom. The lowest BCUT2D eigenvalue weighted by molar-refractivity contribution is -0.385. The van der Waals surface area contributed by atoms with E-state index in [4.69, 9.17) is 5.11 Å². The summed E-state index contributed by atoms with van der Waals surface area (Å²) >= 11 is 0. The van der Waals surface area contributed by atoms with E-state index in [2.05, 4.69) is 5.32 Å². The van der Waals surface area contributed by atoms with Crippen LogP contribution in [-0.2, 0) is 4.79 Å². The molecule has 0 saturated carbocycles. The van der Waals surface area contributed by atoms with Crippen LogP contribution in [0.3, 0.4) is 0 Å². The van der Waals surface area contributed by atoms with Gasteiger partial charge in [-0.25, -0.2) is 0 Å². The van der Waals surface area contributed by atoms with Crippen molar-refractivity contribution < 1.29 is 14.8 Å². The molecule has 1 amide bonds. The first kappa shape index (κ1) is 16.1. The van der Waals surface area contributed by atoms with Crippen molar-refractivity contribution in [2.45, 2.75) is 19.9 Å². The van der Waals surface area contributed by atoms with Gasteiger partial charge in [-0.05, 0) is 27.0 Å². The Hall–Kier alpha value is -1.99. The molecule has 0 heterocycles. The van der Waals surface area contributed by atoms with Gasteiger partial charge in [0.25, 0.3) is 5.69 Å². The molecule has 1 rings (SSSR count). The van der Waals surface area contributed by atoms with Crippen LogP contribution in [0.15, 0.2) is 18.2 Å². The molecule has 0 fully saturated rings. The average Bonchev–Trinajstić information content (AvgIpc) is 2.40. The second-order valence-electron chi connectivity index (χ2n) is 4.58. The largest absolute Gasteiger partial charge is 0.395 e. The van der Waals surface area contributed by atoms with Crippen LogP contribution < -0.4 is 5.32 Å². The highest BCUT2D eigenvalue weighted by molar-refractivity contribution is 5.95. The highest BCUT2D eigenvalue weighted by Crippen LogP contribution is 2.25. The molecular formula is C13H19N3O4. The van der Waals surface area contributed by atoms with Crippen molar-refractivity contribution in [1.82, 2.24) is 4.90 Å². The van der Waals surface area contributed by atoms with Gasteiger partial charge in [-0.15, -0.1) is 0 Å². The van der Waals surface area contributed by atoms with Crippen molar-refractivity contribution in [2.24, 2.45) is 0 Å². The lowest BCUT2D eigenvalue weighted by atomic mass is 10.1. The van der Waals surface area contributed by atoms with Crippen LogP contribution in [0.4, 0.5) is 11.4 Å². The Kier molecular flexibility index (Phi) is 5.60.